The molecule has 0 unspecified atom stereocenters. The Morgan fingerprint density at radius 3 is 2.52 bits per heavy atom. The molecule has 110 valence electrons. The summed E-state index contributed by atoms with van der Waals surface area (Å²) >= 11 is 1.66. The van der Waals surface area contributed by atoms with E-state index >= 15 is 0 Å². The second-order valence-electron chi connectivity index (χ2n) is 4.68. The molecule has 5 heteroatoms. The number of aliphatic carboxylic acids is 1. The summed E-state index contributed by atoms with van der Waals surface area (Å²) in [6, 6.07) is 11.8. The van der Waals surface area contributed by atoms with Crippen molar-refractivity contribution in [2.75, 3.05) is 0 Å². The Balaban J connectivity index is 1.85. The Kier molecular flexibility index (Phi) is 5.51. The summed E-state index contributed by atoms with van der Waals surface area (Å²) in [6.07, 6.45) is 1.89. The van der Waals surface area contributed by atoms with Crippen LogP contribution >= 0.6 is 11.3 Å². The zero-order chi connectivity index (χ0) is 15.1. The monoisotopic (exact) mass is 303 g/mol. The standard InChI is InChI=1S/C16H17NO3S/c18-14(10-4-8-13-9-5-11-21-13)17-15(16(19)20)12-6-2-1-3-7-12/h1-3,5-7,9,11,15H,4,8,10H2,(H,17,18)(H,19,20)/t15-/m1/s1. The summed E-state index contributed by atoms with van der Waals surface area (Å²) in [5.74, 6) is -1.28. The first-order valence-corrected chi connectivity index (χ1v) is 7.64. The van der Waals surface area contributed by atoms with Crippen LogP contribution in [0.2, 0.25) is 0 Å². The van der Waals surface area contributed by atoms with Crippen molar-refractivity contribution >= 4 is 23.2 Å². The van der Waals surface area contributed by atoms with Gasteiger partial charge < -0.3 is 10.4 Å². The molecule has 1 heterocycles. The summed E-state index contributed by atoms with van der Waals surface area (Å²) in [5.41, 5.74) is 0.580. The first kappa shape index (κ1) is 15.3. The third kappa shape index (κ3) is 4.72. The summed E-state index contributed by atoms with van der Waals surface area (Å²) in [6.45, 7) is 0. The van der Waals surface area contributed by atoms with E-state index in [1.165, 1.54) is 4.88 Å². The lowest BCUT2D eigenvalue weighted by atomic mass is 10.1. The Hall–Kier alpha value is -2.14. The minimum Gasteiger partial charge on any atom is -0.479 e. The van der Waals surface area contributed by atoms with Crippen LogP contribution in [-0.2, 0) is 16.0 Å². The van der Waals surface area contributed by atoms with Crippen LogP contribution in [0.3, 0.4) is 0 Å². The number of carboxylic acid groups (broad SMARTS) is 1. The average Bonchev–Trinajstić information content (AvgIpc) is 2.98. The van der Waals surface area contributed by atoms with Gasteiger partial charge in [-0.25, -0.2) is 4.79 Å². The molecule has 0 saturated carbocycles. The largest absolute Gasteiger partial charge is 0.479 e. The number of thiophene rings is 1. The first-order valence-electron chi connectivity index (χ1n) is 6.76. The number of carbonyl (C=O) groups excluding carboxylic acids is 1. The molecule has 0 spiro atoms. The lowest BCUT2D eigenvalue weighted by molar-refractivity contribution is -0.142. The molecule has 0 saturated heterocycles. The van der Waals surface area contributed by atoms with Crippen LogP contribution in [0.4, 0.5) is 0 Å². The topological polar surface area (TPSA) is 66.4 Å². The molecule has 2 rings (SSSR count). The zero-order valence-corrected chi connectivity index (χ0v) is 12.3. The van der Waals surface area contributed by atoms with E-state index in [2.05, 4.69) is 5.32 Å². The Bertz CT molecular complexity index is 581. The van der Waals surface area contributed by atoms with Gasteiger partial charge in [0.05, 0.1) is 0 Å². The van der Waals surface area contributed by atoms with E-state index in [-0.39, 0.29) is 5.91 Å². The number of benzene rings is 1. The second kappa shape index (κ2) is 7.59. The van der Waals surface area contributed by atoms with Gasteiger partial charge in [-0.2, -0.15) is 0 Å². The van der Waals surface area contributed by atoms with E-state index in [4.69, 9.17) is 0 Å². The maximum absolute atomic E-state index is 11.9. The van der Waals surface area contributed by atoms with Crippen LogP contribution in [0.15, 0.2) is 47.8 Å². The molecule has 0 fully saturated rings. The van der Waals surface area contributed by atoms with Gasteiger partial charge in [-0.1, -0.05) is 36.4 Å². The van der Waals surface area contributed by atoms with Gasteiger partial charge in [0.25, 0.3) is 0 Å². The number of amides is 1. The van der Waals surface area contributed by atoms with Crippen molar-refractivity contribution in [3.8, 4) is 0 Å². The molecule has 0 aliphatic rings. The second-order valence-corrected chi connectivity index (χ2v) is 5.71. The van der Waals surface area contributed by atoms with Gasteiger partial charge in [0.15, 0.2) is 6.04 Å². The Morgan fingerprint density at radius 1 is 1.14 bits per heavy atom. The molecule has 1 atom stereocenters. The minimum absolute atomic E-state index is 0.234. The van der Waals surface area contributed by atoms with E-state index < -0.39 is 12.0 Å². The van der Waals surface area contributed by atoms with Crippen molar-refractivity contribution in [1.82, 2.24) is 5.32 Å². The predicted molar refractivity (Wildman–Crippen MR) is 82.2 cm³/mol. The Morgan fingerprint density at radius 2 is 1.90 bits per heavy atom. The summed E-state index contributed by atoms with van der Waals surface area (Å²) in [5, 5.41) is 13.8. The number of hydrogen-bond acceptors (Lipinski definition) is 3. The molecule has 1 amide bonds. The van der Waals surface area contributed by atoms with Gasteiger partial charge in [0.2, 0.25) is 5.91 Å². The van der Waals surface area contributed by atoms with Gasteiger partial charge >= 0.3 is 5.97 Å². The molecule has 21 heavy (non-hydrogen) atoms. The van der Waals surface area contributed by atoms with Gasteiger partial charge in [-0.3, -0.25) is 4.79 Å². The van der Waals surface area contributed by atoms with Crippen molar-refractivity contribution in [3.63, 3.8) is 0 Å². The predicted octanol–water partition coefficient (Wildman–Crippen LogP) is 3.01. The van der Waals surface area contributed by atoms with Crippen molar-refractivity contribution in [2.24, 2.45) is 0 Å². The normalized spacial score (nSPS) is 11.8. The fraction of sp³-hybridized carbons (Fsp3) is 0.250. The van der Waals surface area contributed by atoms with Gasteiger partial charge in [-0.05, 0) is 29.9 Å². The Labute approximate surface area is 127 Å². The van der Waals surface area contributed by atoms with E-state index in [1.54, 1.807) is 35.6 Å². The number of aryl methyl sites for hydroxylation is 1. The SMILES string of the molecule is O=C(CCCc1cccs1)N[C@@H](C(=O)O)c1ccccc1. The quantitative estimate of drug-likeness (QED) is 0.826. The number of rotatable bonds is 7. The highest BCUT2D eigenvalue weighted by atomic mass is 32.1. The molecule has 0 radical (unpaired) electrons. The van der Waals surface area contributed by atoms with Crippen LogP contribution in [0.25, 0.3) is 0 Å². The van der Waals surface area contributed by atoms with Crippen LogP contribution in [-0.4, -0.2) is 17.0 Å². The maximum Gasteiger partial charge on any atom is 0.330 e. The molecule has 4 nitrogen and oxygen atoms in total. The molecular weight excluding hydrogens is 286 g/mol. The first-order chi connectivity index (χ1) is 10.2. The number of carboxylic acids is 1. The van der Waals surface area contributed by atoms with E-state index in [1.807, 2.05) is 23.6 Å². The maximum atomic E-state index is 11.9. The fourth-order valence-corrected chi connectivity index (χ4v) is 2.80. The summed E-state index contributed by atoms with van der Waals surface area (Å²) in [4.78, 5) is 24.4. The van der Waals surface area contributed by atoms with E-state index in [0.717, 1.165) is 6.42 Å². The number of hydrogen-bond donors (Lipinski definition) is 2. The van der Waals surface area contributed by atoms with E-state index in [9.17, 15) is 14.7 Å². The summed E-state index contributed by atoms with van der Waals surface area (Å²) < 4.78 is 0. The van der Waals surface area contributed by atoms with Gasteiger partial charge in [0.1, 0.15) is 0 Å². The highest BCUT2D eigenvalue weighted by Gasteiger charge is 2.21. The van der Waals surface area contributed by atoms with Crippen molar-refractivity contribution in [1.29, 1.82) is 0 Å². The van der Waals surface area contributed by atoms with Crippen LogP contribution in [0, 0.1) is 0 Å². The van der Waals surface area contributed by atoms with Crippen LogP contribution < -0.4 is 5.32 Å². The molecular formula is C16H17NO3S. The molecule has 2 N–H and O–H groups in total. The highest BCUT2D eigenvalue weighted by Crippen LogP contribution is 2.14. The third-order valence-electron chi connectivity index (χ3n) is 3.09. The van der Waals surface area contributed by atoms with Crippen LogP contribution in [0.5, 0.6) is 0 Å². The molecule has 2 aromatic rings. The highest BCUT2D eigenvalue weighted by molar-refractivity contribution is 7.09. The molecule has 0 bridgehead atoms. The summed E-state index contributed by atoms with van der Waals surface area (Å²) in [7, 11) is 0. The third-order valence-corrected chi connectivity index (χ3v) is 4.03. The lowest BCUT2D eigenvalue weighted by Crippen LogP contribution is -2.33. The molecule has 0 aliphatic carbocycles. The van der Waals surface area contributed by atoms with Crippen molar-refractivity contribution < 1.29 is 14.7 Å². The molecule has 0 aliphatic heterocycles. The van der Waals surface area contributed by atoms with Gasteiger partial charge in [-0.15, -0.1) is 11.3 Å². The molecule has 1 aromatic carbocycles. The smallest absolute Gasteiger partial charge is 0.330 e. The minimum atomic E-state index is -1.05. The molecule has 1 aromatic heterocycles. The van der Waals surface area contributed by atoms with Crippen molar-refractivity contribution in [3.05, 3.63) is 58.3 Å². The fourth-order valence-electron chi connectivity index (χ4n) is 2.04. The van der Waals surface area contributed by atoms with Gasteiger partial charge in [0, 0.05) is 11.3 Å². The van der Waals surface area contributed by atoms with Crippen molar-refractivity contribution in [2.45, 2.75) is 25.3 Å². The number of nitrogens with one attached hydrogen (secondary N) is 1. The number of carbonyl (C=O) groups is 2. The van der Waals surface area contributed by atoms with Crippen LogP contribution in [0.1, 0.15) is 29.3 Å². The average molecular weight is 303 g/mol. The van der Waals surface area contributed by atoms with E-state index in [0.29, 0.717) is 18.4 Å². The lowest BCUT2D eigenvalue weighted by Gasteiger charge is -2.14. The zero-order valence-electron chi connectivity index (χ0n) is 11.5.